The Morgan fingerprint density at radius 2 is 2.28 bits per heavy atom. The van der Waals surface area contributed by atoms with Crippen molar-refractivity contribution < 1.29 is 22.4 Å². The minimum absolute atomic E-state index is 0.0663. The van der Waals surface area contributed by atoms with Crippen molar-refractivity contribution in [1.29, 1.82) is 0 Å². The minimum atomic E-state index is -3.87. The first-order chi connectivity index (χ1) is 8.38. The molecule has 1 amide bonds. The van der Waals surface area contributed by atoms with Gasteiger partial charge in [-0.2, -0.15) is 0 Å². The Morgan fingerprint density at radius 1 is 1.56 bits per heavy atom. The number of nitrogens with two attached hydrogens (primary N) is 1. The number of carbonyl (C=O) groups is 1. The third-order valence-electron chi connectivity index (χ3n) is 2.67. The van der Waals surface area contributed by atoms with Gasteiger partial charge in [0.15, 0.2) is 5.76 Å². The fourth-order valence-electron chi connectivity index (χ4n) is 1.76. The van der Waals surface area contributed by atoms with E-state index in [1.807, 2.05) is 0 Å². The van der Waals surface area contributed by atoms with Gasteiger partial charge in [-0.05, 0) is 13.3 Å². The number of carbonyl (C=O) groups excluding carboxylic acids is 1. The van der Waals surface area contributed by atoms with Gasteiger partial charge in [0.1, 0.15) is 10.7 Å². The normalized spacial score (nSPS) is 20.0. The summed E-state index contributed by atoms with van der Waals surface area (Å²) in [4.78, 5) is 11.6. The zero-order valence-corrected chi connectivity index (χ0v) is 10.6. The molecule has 100 valence electrons. The predicted molar refractivity (Wildman–Crippen MR) is 61.5 cm³/mol. The highest BCUT2D eigenvalue weighted by atomic mass is 32.2. The van der Waals surface area contributed by atoms with Crippen molar-refractivity contribution in [1.82, 2.24) is 5.32 Å². The molecule has 1 aromatic heterocycles. The van der Waals surface area contributed by atoms with Crippen LogP contribution in [0.4, 0.5) is 0 Å². The van der Waals surface area contributed by atoms with Crippen LogP contribution >= 0.6 is 0 Å². The summed E-state index contributed by atoms with van der Waals surface area (Å²) >= 11 is 0. The SMILES string of the molecule is Cc1oc(C(=O)NC2CCOC2)cc1S(N)(=O)=O. The van der Waals surface area contributed by atoms with Crippen LogP contribution in [-0.4, -0.2) is 33.6 Å². The van der Waals surface area contributed by atoms with E-state index in [1.165, 1.54) is 6.92 Å². The molecule has 1 unspecified atom stereocenters. The summed E-state index contributed by atoms with van der Waals surface area (Å²) in [7, 11) is -3.87. The molecule has 7 nitrogen and oxygen atoms in total. The zero-order valence-electron chi connectivity index (χ0n) is 9.80. The Kier molecular flexibility index (Phi) is 3.42. The molecule has 8 heteroatoms. The van der Waals surface area contributed by atoms with Gasteiger partial charge >= 0.3 is 0 Å². The van der Waals surface area contributed by atoms with Crippen LogP contribution in [0, 0.1) is 6.92 Å². The van der Waals surface area contributed by atoms with Crippen LogP contribution in [0.2, 0.25) is 0 Å². The van der Waals surface area contributed by atoms with Crippen LogP contribution in [0.15, 0.2) is 15.4 Å². The van der Waals surface area contributed by atoms with E-state index in [0.29, 0.717) is 13.2 Å². The maximum absolute atomic E-state index is 11.8. The van der Waals surface area contributed by atoms with Crippen LogP contribution in [0.5, 0.6) is 0 Å². The number of sulfonamides is 1. The van der Waals surface area contributed by atoms with Crippen molar-refractivity contribution in [3.63, 3.8) is 0 Å². The Morgan fingerprint density at radius 3 is 2.78 bits per heavy atom. The van der Waals surface area contributed by atoms with E-state index in [2.05, 4.69) is 5.32 Å². The molecule has 0 saturated carbocycles. The second-order valence-corrected chi connectivity index (χ2v) is 5.64. The topological polar surface area (TPSA) is 112 Å². The standard InChI is InChI=1S/C10H14N2O5S/c1-6-9(18(11,14)15)4-8(17-6)10(13)12-7-2-3-16-5-7/h4,7H,2-3,5H2,1H3,(H,12,13)(H2,11,14,15). The fraction of sp³-hybridized carbons (Fsp3) is 0.500. The minimum Gasteiger partial charge on any atom is -0.455 e. The van der Waals surface area contributed by atoms with Gasteiger partial charge in [-0.25, -0.2) is 13.6 Å². The van der Waals surface area contributed by atoms with Crippen molar-refractivity contribution in [2.24, 2.45) is 5.14 Å². The maximum Gasteiger partial charge on any atom is 0.287 e. The predicted octanol–water partition coefficient (Wildman–Crippen LogP) is -0.246. The van der Waals surface area contributed by atoms with Crippen molar-refractivity contribution in [3.8, 4) is 0 Å². The van der Waals surface area contributed by atoms with E-state index in [0.717, 1.165) is 12.5 Å². The van der Waals surface area contributed by atoms with Crippen LogP contribution in [0.3, 0.4) is 0 Å². The molecular weight excluding hydrogens is 260 g/mol. The molecular formula is C10H14N2O5S. The number of hydrogen-bond donors (Lipinski definition) is 2. The van der Waals surface area contributed by atoms with E-state index in [4.69, 9.17) is 14.3 Å². The van der Waals surface area contributed by atoms with E-state index in [-0.39, 0.29) is 22.5 Å². The molecule has 1 aliphatic rings. The fourth-order valence-corrected chi connectivity index (χ4v) is 2.48. The molecule has 0 aliphatic carbocycles. The van der Waals surface area contributed by atoms with Gasteiger partial charge in [0, 0.05) is 12.7 Å². The lowest BCUT2D eigenvalue weighted by Gasteiger charge is -2.08. The molecule has 0 aromatic carbocycles. The van der Waals surface area contributed by atoms with Gasteiger partial charge in [0.05, 0.1) is 12.6 Å². The number of amides is 1. The van der Waals surface area contributed by atoms with Crippen LogP contribution in [0.1, 0.15) is 22.7 Å². The highest BCUT2D eigenvalue weighted by Crippen LogP contribution is 2.19. The average molecular weight is 274 g/mol. The van der Waals surface area contributed by atoms with E-state index >= 15 is 0 Å². The number of hydrogen-bond acceptors (Lipinski definition) is 5. The molecule has 1 aromatic rings. The number of primary sulfonamides is 1. The van der Waals surface area contributed by atoms with Gasteiger partial charge < -0.3 is 14.5 Å². The summed E-state index contributed by atoms with van der Waals surface area (Å²) in [5.74, 6) is -0.433. The van der Waals surface area contributed by atoms with E-state index < -0.39 is 15.9 Å². The maximum atomic E-state index is 11.8. The Bertz CT molecular complexity index is 557. The van der Waals surface area contributed by atoms with E-state index in [9.17, 15) is 13.2 Å². The summed E-state index contributed by atoms with van der Waals surface area (Å²) in [6.45, 7) is 2.49. The summed E-state index contributed by atoms with van der Waals surface area (Å²) in [5.41, 5.74) is 0. The first kappa shape index (κ1) is 13.1. The lowest BCUT2D eigenvalue weighted by atomic mass is 10.2. The molecule has 3 N–H and O–H groups in total. The molecule has 18 heavy (non-hydrogen) atoms. The molecule has 1 atom stereocenters. The van der Waals surface area contributed by atoms with Gasteiger partial charge in [-0.1, -0.05) is 0 Å². The lowest BCUT2D eigenvalue weighted by Crippen LogP contribution is -2.34. The van der Waals surface area contributed by atoms with E-state index in [1.54, 1.807) is 0 Å². The van der Waals surface area contributed by atoms with Gasteiger partial charge in [-0.3, -0.25) is 4.79 Å². The van der Waals surface area contributed by atoms with Crippen molar-refractivity contribution in [2.75, 3.05) is 13.2 Å². The Labute approximate surface area is 104 Å². The smallest absolute Gasteiger partial charge is 0.287 e. The third-order valence-corrected chi connectivity index (χ3v) is 3.69. The number of ether oxygens (including phenoxy) is 1. The molecule has 2 rings (SSSR count). The highest BCUT2D eigenvalue weighted by Gasteiger charge is 2.24. The largest absolute Gasteiger partial charge is 0.455 e. The van der Waals surface area contributed by atoms with Gasteiger partial charge in [-0.15, -0.1) is 0 Å². The quantitative estimate of drug-likeness (QED) is 0.789. The summed E-state index contributed by atoms with van der Waals surface area (Å²) in [6.07, 6.45) is 0.730. The number of aryl methyl sites for hydroxylation is 1. The Hall–Kier alpha value is -1.38. The first-order valence-corrected chi connectivity index (χ1v) is 6.94. The number of nitrogens with one attached hydrogen (secondary N) is 1. The van der Waals surface area contributed by atoms with Gasteiger partial charge in [0.25, 0.3) is 5.91 Å². The summed E-state index contributed by atoms with van der Waals surface area (Å²) in [6, 6.07) is 1.07. The van der Waals surface area contributed by atoms with Crippen LogP contribution < -0.4 is 10.5 Å². The van der Waals surface area contributed by atoms with Crippen LogP contribution in [-0.2, 0) is 14.8 Å². The second kappa shape index (κ2) is 4.71. The molecule has 0 radical (unpaired) electrons. The van der Waals surface area contributed by atoms with Crippen molar-refractivity contribution in [3.05, 3.63) is 17.6 Å². The average Bonchev–Trinajstić information content (AvgIpc) is 2.85. The van der Waals surface area contributed by atoms with Crippen LogP contribution in [0.25, 0.3) is 0 Å². The third kappa shape index (κ3) is 2.71. The number of furan rings is 1. The highest BCUT2D eigenvalue weighted by molar-refractivity contribution is 7.89. The summed E-state index contributed by atoms with van der Waals surface area (Å²) < 4.78 is 32.6. The lowest BCUT2D eigenvalue weighted by molar-refractivity contribution is 0.0900. The van der Waals surface area contributed by atoms with Gasteiger partial charge in [0.2, 0.25) is 10.0 Å². The first-order valence-electron chi connectivity index (χ1n) is 5.40. The molecule has 1 aliphatic heterocycles. The van der Waals surface area contributed by atoms with Crippen molar-refractivity contribution in [2.45, 2.75) is 24.3 Å². The summed E-state index contributed by atoms with van der Waals surface area (Å²) in [5, 5.41) is 7.69. The molecule has 0 bridgehead atoms. The molecule has 1 saturated heterocycles. The second-order valence-electron chi connectivity index (χ2n) is 4.11. The number of rotatable bonds is 3. The molecule has 2 heterocycles. The Balaban J connectivity index is 2.16. The molecule has 1 fully saturated rings. The zero-order chi connectivity index (χ0) is 13.3. The van der Waals surface area contributed by atoms with Crippen molar-refractivity contribution >= 4 is 15.9 Å². The monoisotopic (exact) mass is 274 g/mol. The molecule has 0 spiro atoms.